The normalized spacial score (nSPS) is 14.8. The number of carbonyl (C=O) groups excluding carboxylic acids is 4. The Morgan fingerprint density at radius 1 is 1.03 bits per heavy atom. The second-order valence-corrected chi connectivity index (χ2v) is 8.54. The number of hydrogen-bond acceptors (Lipinski definition) is 11. The van der Waals surface area contributed by atoms with Crippen molar-refractivity contribution in [1.82, 2.24) is 5.32 Å². The van der Waals surface area contributed by atoms with Gasteiger partial charge in [-0.15, -0.1) is 5.10 Å². The van der Waals surface area contributed by atoms with Crippen LogP contribution in [0.5, 0.6) is 11.5 Å². The van der Waals surface area contributed by atoms with E-state index in [-0.39, 0.29) is 23.3 Å². The Morgan fingerprint density at radius 2 is 1.79 bits per heavy atom. The first-order chi connectivity index (χ1) is 18.8. The van der Waals surface area contributed by atoms with Gasteiger partial charge in [0, 0.05) is 11.8 Å². The number of ether oxygens (including phenoxy) is 4. The number of amides is 2. The maximum Gasteiger partial charge on any atom is 0.338 e. The summed E-state index contributed by atoms with van der Waals surface area (Å²) in [4.78, 5) is 47.5. The molecule has 12 nitrogen and oxygen atoms in total. The minimum Gasteiger partial charge on any atom is -0.490 e. The Morgan fingerprint density at radius 3 is 2.49 bits per heavy atom. The maximum atomic E-state index is 12.4. The zero-order chi connectivity index (χ0) is 28.2. The first-order valence-corrected chi connectivity index (χ1v) is 12.5. The molecule has 1 fully saturated rings. The summed E-state index contributed by atoms with van der Waals surface area (Å²) < 4.78 is 20.7. The van der Waals surface area contributed by atoms with Crippen LogP contribution >= 0.6 is 11.8 Å². The quantitative estimate of drug-likeness (QED) is 0.185. The number of amidine groups is 1. The van der Waals surface area contributed by atoms with Crippen molar-refractivity contribution in [3.05, 3.63) is 64.6 Å². The van der Waals surface area contributed by atoms with E-state index in [1.807, 2.05) is 6.92 Å². The molecule has 204 valence electrons. The topological polar surface area (TPSA) is 154 Å². The van der Waals surface area contributed by atoms with Gasteiger partial charge in [-0.25, -0.2) is 9.59 Å². The number of rotatable bonds is 11. The number of esters is 2. The van der Waals surface area contributed by atoms with Crippen molar-refractivity contribution in [1.29, 1.82) is 0 Å². The summed E-state index contributed by atoms with van der Waals surface area (Å²) >= 11 is 0.958. The smallest absolute Gasteiger partial charge is 0.338 e. The van der Waals surface area contributed by atoms with Gasteiger partial charge in [-0.2, -0.15) is 5.10 Å². The summed E-state index contributed by atoms with van der Waals surface area (Å²) in [6.45, 7) is 3.89. The molecule has 0 radical (unpaired) electrons. The molecule has 0 unspecified atom stereocenters. The number of anilines is 1. The fourth-order valence-corrected chi connectivity index (χ4v) is 3.76. The van der Waals surface area contributed by atoms with Crippen LogP contribution in [0, 0.1) is 0 Å². The predicted octanol–water partition coefficient (Wildman–Crippen LogP) is 2.89. The monoisotopic (exact) mass is 554 g/mol. The SMILES string of the molecule is CCOC(=O)c1ccc(NC(=O)COc2ccc(C=N/N=C3/NC(=O)/C(=C\C(=O)OC)S3)cc2OCC)cc1. The summed E-state index contributed by atoms with van der Waals surface area (Å²) in [6.07, 6.45) is 2.52. The van der Waals surface area contributed by atoms with Gasteiger partial charge in [0.2, 0.25) is 0 Å². The molecule has 0 spiro atoms. The minimum atomic E-state index is -0.648. The number of benzene rings is 2. The maximum absolute atomic E-state index is 12.4. The molecule has 1 aliphatic rings. The van der Waals surface area contributed by atoms with Crippen LogP contribution in [0.2, 0.25) is 0 Å². The van der Waals surface area contributed by atoms with Gasteiger partial charge < -0.3 is 24.3 Å². The van der Waals surface area contributed by atoms with Crippen molar-refractivity contribution < 1.29 is 38.1 Å². The molecule has 3 rings (SSSR count). The highest BCUT2D eigenvalue weighted by Crippen LogP contribution is 2.28. The molecule has 0 aromatic heterocycles. The molecular weight excluding hydrogens is 528 g/mol. The first-order valence-electron chi connectivity index (χ1n) is 11.7. The van der Waals surface area contributed by atoms with Crippen LogP contribution in [0.1, 0.15) is 29.8 Å². The van der Waals surface area contributed by atoms with Gasteiger partial charge in [-0.1, -0.05) is 0 Å². The first kappa shape index (κ1) is 28.9. The van der Waals surface area contributed by atoms with Crippen molar-refractivity contribution in [2.45, 2.75) is 13.8 Å². The lowest BCUT2D eigenvalue weighted by Gasteiger charge is -2.12. The van der Waals surface area contributed by atoms with E-state index in [0.29, 0.717) is 34.9 Å². The van der Waals surface area contributed by atoms with Crippen LogP contribution in [0.3, 0.4) is 0 Å². The largest absolute Gasteiger partial charge is 0.490 e. The molecule has 1 heterocycles. The molecule has 2 N–H and O–H groups in total. The van der Waals surface area contributed by atoms with Crippen LogP contribution in [0.4, 0.5) is 5.69 Å². The molecular formula is C26H26N4O8S. The summed E-state index contributed by atoms with van der Waals surface area (Å²) in [5.41, 5.74) is 1.51. The van der Waals surface area contributed by atoms with Gasteiger partial charge in [-0.3, -0.25) is 14.9 Å². The van der Waals surface area contributed by atoms with E-state index in [4.69, 9.17) is 14.2 Å². The van der Waals surface area contributed by atoms with E-state index in [2.05, 4.69) is 25.6 Å². The Bertz CT molecular complexity index is 1320. The van der Waals surface area contributed by atoms with Gasteiger partial charge in [-0.05, 0) is 73.6 Å². The second-order valence-electron chi connectivity index (χ2n) is 7.51. The molecule has 1 aliphatic heterocycles. The third-order valence-corrected chi connectivity index (χ3v) is 5.66. The number of nitrogens with one attached hydrogen (secondary N) is 2. The lowest BCUT2D eigenvalue weighted by molar-refractivity contribution is -0.135. The molecule has 13 heteroatoms. The van der Waals surface area contributed by atoms with E-state index in [1.54, 1.807) is 49.4 Å². The number of carbonyl (C=O) groups is 4. The van der Waals surface area contributed by atoms with E-state index >= 15 is 0 Å². The van der Waals surface area contributed by atoms with E-state index < -0.39 is 23.8 Å². The molecule has 0 saturated carbocycles. The average Bonchev–Trinajstić information content (AvgIpc) is 3.27. The van der Waals surface area contributed by atoms with Gasteiger partial charge >= 0.3 is 11.9 Å². The molecule has 2 aromatic rings. The molecule has 2 amide bonds. The van der Waals surface area contributed by atoms with Crippen molar-refractivity contribution in [2.24, 2.45) is 10.2 Å². The van der Waals surface area contributed by atoms with Gasteiger partial charge in [0.05, 0.1) is 37.0 Å². The van der Waals surface area contributed by atoms with Crippen molar-refractivity contribution >= 4 is 52.6 Å². The zero-order valence-electron chi connectivity index (χ0n) is 21.4. The van der Waals surface area contributed by atoms with Crippen molar-refractivity contribution in [3.63, 3.8) is 0 Å². The van der Waals surface area contributed by atoms with Gasteiger partial charge in [0.25, 0.3) is 11.8 Å². The molecule has 0 aliphatic carbocycles. The average molecular weight is 555 g/mol. The second kappa shape index (κ2) is 14.3. The number of hydrogen-bond donors (Lipinski definition) is 2. The van der Waals surface area contributed by atoms with Crippen LogP contribution in [-0.4, -0.2) is 62.1 Å². The summed E-state index contributed by atoms with van der Waals surface area (Å²) in [5.74, 6) is -1.21. The van der Waals surface area contributed by atoms with Gasteiger partial charge in [0.1, 0.15) is 0 Å². The molecule has 39 heavy (non-hydrogen) atoms. The van der Waals surface area contributed by atoms with E-state index in [0.717, 1.165) is 17.8 Å². The van der Waals surface area contributed by atoms with Crippen LogP contribution in [-0.2, 0) is 23.9 Å². The predicted molar refractivity (Wildman–Crippen MR) is 145 cm³/mol. The lowest BCUT2D eigenvalue weighted by atomic mass is 10.2. The van der Waals surface area contributed by atoms with Gasteiger partial charge in [0.15, 0.2) is 23.3 Å². The number of methoxy groups -OCH3 is 1. The highest BCUT2D eigenvalue weighted by atomic mass is 32.2. The Labute approximate surface area is 228 Å². The van der Waals surface area contributed by atoms with E-state index in [1.165, 1.54) is 13.3 Å². The Balaban J connectivity index is 1.59. The standard InChI is InChI=1S/C26H26N4O8S/c1-4-36-20-12-16(14-27-30-26-29-24(33)21(39-26)13-23(32)35-3)6-11-19(20)38-15-22(31)28-18-9-7-17(8-10-18)25(34)37-5-2/h6-14H,4-5,15H2,1-3H3,(H,28,31)(H,29,30,33)/b21-13+,27-14?. The highest BCUT2D eigenvalue weighted by molar-refractivity contribution is 8.18. The number of nitrogens with zero attached hydrogens (tertiary/aromatic N) is 2. The fourth-order valence-electron chi connectivity index (χ4n) is 3.03. The van der Waals surface area contributed by atoms with Crippen molar-refractivity contribution in [2.75, 3.05) is 32.2 Å². The van der Waals surface area contributed by atoms with Crippen LogP contribution in [0.25, 0.3) is 0 Å². The summed E-state index contributed by atoms with van der Waals surface area (Å²) in [5, 5.41) is 13.3. The Hall–Kier alpha value is -4.65. The summed E-state index contributed by atoms with van der Waals surface area (Å²) in [7, 11) is 1.22. The highest BCUT2D eigenvalue weighted by Gasteiger charge is 2.25. The van der Waals surface area contributed by atoms with E-state index in [9.17, 15) is 19.2 Å². The third kappa shape index (κ3) is 8.71. The van der Waals surface area contributed by atoms with Crippen LogP contribution < -0.4 is 20.1 Å². The molecule has 2 aromatic carbocycles. The molecule has 0 bridgehead atoms. The summed E-state index contributed by atoms with van der Waals surface area (Å²) in [6, 6.07) is 11.3. The minimum absolute atomic E-state index is 0.147. The third-order valence-electron chi connectivity index (χ3n) is 4.76. The lowest BCUT2D eigenvalue weighted by Crippen LogP contribution is -2.20. The molecule has 1 saturated heterocycles. The number of thioether (sulfide) groups is 1. The Kier molecular flexibility index (Phi) is 10.6. The fraction of sp³-hybridized carbons (Fsp3) is 0.231. The van der Waals surface area contributed by atoms with Crippen LogP contribution in [0.15, 0.2) is 63.6 Å². The molecule has 0 atom stereocenters. The van der Waals surface area contributed by atoms with Crippen molar-refractivity contribution in [3.8, 4) is 11.5 Å². The zero-order valence-corrected chi connectivity index (χ0v) is 22.2.